The van der Waals surface area contributed by atoms with Crippen LogP contribution in [-0.4, -0.2) is 43.9 Å². The lowest BCUT2D eigenvalue weighted by Crippen LogP contribution is -2.51. The predicted molar refractivity (Wildman–Crippen MR) is 109 cm³/mol. The van der Waals surface area contributed by atoms with Gasteiger partial charge in [0.25, 0.3) is 0 Å². The highest BCUT2D eigenvalue weighted by atomic mass is 28.4. The van der Waals surface area contributed by atoms with Gasteiger partial charge in [-0.25, -0.2) is 4.79 Å². The van der Waals surface area contributed by atoms with Gasteiger partial charge in [-0.3, -0.25) is 0 Å². The minimum absolute atomic E-state index is 0.00111. The van der Waals surface area contributed by atoms with E-state index < -0.39 is 13.9 Å². The standard InChI is InChI=1S/C20H41NO4Si/c1-13(2)26(14(3)4,15(5)6)25-18-11-17(10-16(18)12-22)21-19(23)24-20(7,8)9/h13-18,22H,10-12H2,1-9H3,(H,21,23)/t16-,17-,18+/m1/s1. The lowest BCUT2D eigenvalue weighted by Gasteiger charge is -2.45. The summed E-state index contributed by atoms with van der Waals surface area (Å²) < 4.78 is 12.3. The maximum atomic E-state index is 12.1. The molecule has 1 aliphatic carbocycles. The van der Waals surface area contributed by atoms with Gasteiger partial charge in [-0.15, -0.1) is 0 Å². The number of aliphatic hydroxyl groups excluding tert-OH is 1. The molecule has 0 aliphatic heterocycles. The maximum absolute atomic E-state index is 12.1. The van der Waals surface area contributed by atoms with Gasteiger partial charge in [0.1, 0.15) is 5.60 Å². The molecule has 5 nitrogen and oxygen atoms in total. The predicted octanol–water partition coefficient (Wildman–Crippen LogP) is 4.84. The van der Waals surface area contributed by atoms with E-state index in [1.54, 1.807) is 0 Å². The molecule has 1 aliphatic rings. The second-order valence-corrected chi connectivity index (χ2v) is 15.1. The fourth-order valence-corrected chi connectivity index (χ4v) is 10.3. The van der Waals surface area contributed by atoms with Gasteiger partial charge in [-0.2, -0.15) is 0 Å². The Kier molecular flexibility index (Phi) is 8.17. The normalized spacial score (nSPS) is 24.6. The van der Waals surface area contributed by atoms with Crippen LogP contribution >= 0.6 is 0 Å². The van der Waals surface area contributed by atoms with E-state index >= 15 is 0 Å². The van der Waals surface area contributed by atoms with E-state index in [1.807, 2.05) is 20.8 Å². The number of carbonyl (C=O) groups excluding carboxylic acids is 1. The number of amides is 1. The third-order valence-corrected chi connectivity index (χ3v) is 11.8. The number of alkyl carbamates (subject to hydrolysis) is 1. The quantitative estimate of drug-likeness (QED) is 0.613. The first-order valence-corrected chi connectivity index (χ1v) is 12.3. The van der Waals surface area contributed by atoms with Crippen LogP contribution in [0.2, 0.25) is 16.6 Å². The van der Waals surface area contributed by atoms with Gasteiger partial charge in [0.2, 0.25) is 8.32 Å². The van der Waals surface area contributed by atoms with Crippen LogP contribution in [0.5, 0.6) is 0 Å². The molecular weight excluding hydrogens is 346 g/mol. The molecule has 1 amide bonds. The molecule has 1 saturated carbocycles. The molecule has 0 spiro atoms. The largest absolute Gasteiger partial charge is 0.444 e. The van der Waals surface area contributed by atoms with E-state index in [9.17, 15) is 9.90 Å². The van der Waals surface area contributed by atoms with Crippen LogP contribution in [0.15, 0.2) is 0 Å². The molecule has 1 rings (SSSR count). The molecule has 3 atom stereocenters. The van der Waals surface area contributed by atoms with Crippen LogP contribution in [-0.2, 0) is 9.16 Å². The summed E-state index contributed by atoms with van der Waals surface area (Å²) in [5.41, 5.74) is 0.989. The van der Waals surface area contributed by atoms with Gasteiger partial charge in [0, 0.05) is 18.6 Å². The van der Waals surface area contributed by atoms with Gasteiger partial charge >= 0.3 is 6.09 Å². The third-order valence-electron chi connectivity index (χ3n) is 5.65. The van der Waals surface area contributed by atoms with Gasteiger partial charge in [-0.1, -0.05) is 41.5 Å². The lowest BCUT2D eigenvalue weighted by molar-refractivity contribution is 0.0502. The minimum Gasteiger partial charge on any atom is -0.444 e. The summed E-state index contributed by atoms with van der Waals surface area (Å²) in [6, 6.07) is -0.00909. The van der Waals surface area contributed by atoms with Crippen molar-refractivity contribution in [3.05, 3.63) is 0 Å². The number of hydrogen-bond donors (Lipinski definition) is 2. The molecule has 26 heavy (non-hydrogen) atoms. The van der Waals surface area contributed by atoms with Crippen molar-refractivity contribution in [3.63, 3.8) is 0 Å². The Morgan fingerprint density at radius 2 is 1.58 bits per heavy atom. The number of aliphatic hydroxyl groups is 1. The fourth-order valence-electron chi connectivity index (χ4n) is 4.69. The zero-order chi connectivity index (χ0) is 20.3. The van der Waals surface area contributed by atoms with Gasteiger partial charge < -0.3 is 19.6 Å². The first-order valence-electron chi connectivity index (χ1n) is 10.1. The summed E-state index contributed by atoms with van der Waals surface area (Å²) in [6.07, 6.45) is 1.09. The van der Waals surface area contributed by atoms with Gasteiger partial charge in [-0.05, 0) is 50.2 Å². The Labute approximate surface area is 161 Å². The van der Waals surface area contributed by atoms with Crippen molar-refractivity contribution in [2.75, 3.05) is 6.61 Å². The second-order valence-electron chi connectivity index (χ2n) is 9.73. The summed E-state index contributed by atoms with van der Waals surface area (Å²) in [5.74, 6) is 0.0676. The van der Waals surface area contributed by atoms with Crippen LogP contribution in [0, 0.1) is 5.92 Å². The number of rotatable bonds is 7. The van der Waals surface area contributed by atoms with E-state index in [-0.39, 0.29) is 30.8 Å². The summed E-state index contributed by atoms with van der Waals surface area (Å²) in [7, 11) is -2.01. The van der Waals surface area contributed by atoms with Crippen molar-refractivity contribution in [3.8, 4) is 0 Å². The number of hydrogen-bond acceptors (Lipinski definition) is 4. The molecule has 0 heterocycles. The monoisotopic (exact) mass is 387 g/mol. The summed E-state index contributed by atoms with van der Waals surface area (Å²) in [4.78, 5) is 12.1. The van der Waals surface area contributed by atoms with Crippen LogP contribution in [0.1, 0.15) is 75.2 Å². The lowest BCUT2D eigenvalue weighted by atomic mass is 10.1. The smallest absolute Gasteiger partial charge is 0.407 e. The molecule has 0 aromatic carbocycles. The van der Waals surface area contributed by atoms with Crippen molar-refractivity contribution in [2.45, 2.75) is 110 Å². The number of nitrogens with one attached hydrogen (secondary N) is 1. The topological polar surface area (TPSA) is 67.8 Å². The van der Waals surface area contributed by atoms with E-state index in [1.165, 1.54) is 0 Å². The average molecular weight is 388 g/mol. The Bertz CT molecular complexity index is 437. The highest BCUT2D eigenvalue weighted by Gasteiger charge is 2.49. The van der Waals surface area contributed by atoms with E-state index in [0.717, 1.165) is 12.8 Å². The molecule has 0 aromatic heterocycles. The van der Waals surface area contributed by atoms with Crippen molar-refractivity contribution in [2.24, 2.45) is 5.92 Å². The third kappa shape index (κ3) is 5.70. The average Bonchev–Trinajstić information content (AvgIpc) is 2.82. The second kappa shape index (κ2) is 9.07. The van der Waals surface area contributed by atoms with E-state index in [4.69, 9.17) is 9.16 Å². The Balaban J connectivity index is 2.87. The molecule has 0 saturated heterocycles. The van der Waals surface area contributed by atoms with Gasteiger partial charge in [0.15, 0.2) is 0 Å². The highest BCUT2D eigenvalue weighted by molar-refractivity contribution is 6.77. The molecule has 0 radical (unpaired) electrons. The Morgan fingerprint density at radius 3 is 1.96 bits per heavy atom. The van der Waals surface area contributed by atoms with Crippen molar-refractivity contribution in [1.82, 2.24) is 5.32 Å². The minimum atomic E-state index is -2.01. The van der Waals surface area contributed by atoms with Crippen LogP contribution in [0.4, 0.5) is 4.79 Å². The molecular formula is C20H41NO4Si. The van der Waals surface area contributed by atoms with Crippen molar-refractivity contribution in [1.29, 1.82) is 0 Å². The number of ether oxygens (including phenoxy) is 1. The molecule has 1 fully saturated rings. The molecule has 0 unspecified atom stereocenters. The zero-order valence-electron chi connectivity index (χ0n) is 18.3. The Morgan fingerprint density at radius 1 is 1.08 bits per heavy atom. The van der Waals surface area contributed by atoms with Crippen LogP contribution < -0.4 is 5.32 Å². The van der Waals surface area contributed by atoms with Crippen molar-refractivity contribution < 1.29 is 19.1 Å². The molecule has 0 aromatic rings. The molecule has 2 N–H and O–H groups in total. The van der Waals surface area contributed by atoms with Crippen LogP contribution in [0.25, 0.3) is 0 Å². The molecule has 6 heteroatoms. The first-order chi connectivity index (χ1) is 11.8. The summed E-state index contributed by atoms with van der Waals surface area (Å²) in [6.45, 7) is 19.3. The van der Waals surface area contributed by atoms with E-state index in [0.29, 0.717) is 16.6 Å². The first kappa shape index (κ1) is 23.4. The van der Waals surface area contributed by atoms with Crippen LogP contribution in [0.3, 0.4) is 0 Å². The number of carbonyl (C=O) groups is 1. The zero-order valence-corrected chi connectivity index (χ0v) is 19.3. The molecule has 154 valence electrons. The SMILES string of the molecule is CC(C)[Si](O[C@H]1C[C@H](NC(=O)OC(C)(C)C)C[C@@H]1CO)(C(C)C)C(C)C. The summed E-state index contributed by atoms with van der Waals surface area (Å²) >= 11 is 0. The summed E-state index contributed by atoms with van der Waals surface area (Å²) in [5, 5.41) is 12.8. The fraction of sp³-hybridized carbons (Fsp3) is 0.950. The Hall–Kier alpha value is -0.593. The van der Waals surface area contributed by atoms with Gasteiger partial charge in [0.05, 0.1) is 6.10 Å². The van der Waals surface area contributed by atoms with E-state index in [2.05, 4.69) is 46.9 Å². The highest BCUT2D eigenvalue weighted by Crippen LogP contribution is 2.45. The molecule has 0 bridgehead atoms. The van der Waals surface area contributed by atoms with Crippen molar-refractivity contribution >= 4 is 14.4 Å². The maximum Gasteiger partial charge on any atom is 0.407 e.